The van der Waals surface area contributed by atoms with Crippen molar-refractivity contribution in [2.45, 2.75) is 33.1 Å². The summed E-state index contributed by atoms with van der Waals surface area (Å²) in [5.74, 6) is 1.15. The van der Waals surface area contributed by atoms with Gasteiger partial charge < -0.3 is 5.32 Å². The molecular weight excluding hydrogens is 272 g/mol. The Labute approximate surface area is 124 Å². The molecule has 20 heavy (non-hydrogen) atoms. The zero-order valence-electron chi connectivity index (χ0n) is 11.9. The second-order valence-corrected chi connectivity index (χ2v) is 6.97. The van der Waals surface area contributed by atoms with Crippen LogP contribution in [-0.2, 0) is 4.79 Å². The van der Waals surface area contributed by atoms with Gasteiger partial charge in [-0.15, -0.1) is 0 Å². The van der Waals surface area contributed by atoms with Gasteiger partial charge in [0, 0.05) is 6.20 Å². The van der Waals surface area contributed by atoms with Crippen molar-refractivity contribution in [2.75, 3.05) is 5.32 Å². The van der Waals surface area contributed by atoms with E-state index < -0.39 is 5.41 Å². The van der Waals surface area contributed by atoms with Gasteiger partial charge in [-0.1, -0.05) is 37.6 Å². The lowest BCUT2D eigenvalue weighted by Gasteiger charge is -2.37. The first-order chi connectivity index (χ1) is 9.36. The minimum Gasteiger partial charge on any atom is -0.310 e. The highest BCUT2D eigenvalue weighted by Crippen LogP contribution is 2.65. The molecule has 1 N–H and O–H groups in total. The normalized spacial score (nSPS) is 30.6. The Morgan fingerprint density at radius 3 is 2.80 bits per heavy atom. The van der Waals surface area contributed by atoms with Crippen molar-refractivity contribution in [3.63, 3.8) is 0 Å². The smallest absolute Gasteiger partial charge is 0.235 e. The van der Waals surface area contributed by atoms with E-state index in [0.717, 1.165) is 24.8 Å². The van der Waals surface area contributed by atoms with Gasteiger partial charge in [0.05, 0.1) is 10.4 Å². The van der Waals surface area contributed by atoms with E-state index in [1.807, 2.05) is 0 Å². The molecule has 0 aromatic carbocycles. The second kappa shape index (κ2) is 4.32. The topological polar surface area (TPSA) is 42.0 Å². The Morgan fingerprint density at radius 2 is 2.25 bits per heavy atom. The van der Waals surface area contributed by atoms with Gasteiger partial charge >= 0.3 is 0 Å². The van der Waals surface area contributed by atoms with Crippen molar-refractivity contribution in [3.8, 4) is 0 Å². The number of nitrogens with one attached hydrogen (secondary N) is 1. The molecule has 0 unspecified atom stereocenters. The molecule has 1 amide bonds. The van der Waals surface area contributed by atoms with E-state index in [9.17, 15) is 4.79 Å². The lowest BCUT2D eigenvalue weighted by Crippen LogP contribution is -2.37. The van der Waals surface area contributed by atoms with E-state index in [4.69, 9.17) is 11.6 Å². The quantitative estimate of drug-likeness (QED) is 0.835. The number of fused-ring (bicyclic) bond motifs is 2. The highest BCUT2D eigenvalue weighted by atomic mass is 35.5. The average Bonchev–Trinajstić information content (AvgIpc) is 2.93. The summed E-state index contributed by atoms with van der Waals surface area (Å²) in [5.41, 5.74) is 0.728. The lowest BCUT2D eigenvalue weighted by molar-refractivity contribution is -0.123. The summed E-state index contributed by atoms with van der Waals surface area (Å²) in [6.07, 6.45) is 4.46. The van der Waals surface area contributed by atoms with Crippen LogP contribution in [0.5, 0.6) is 0 Å². The highest BCUT2D eigenvalue weighted by molar-refractivity contribution is 6.30. The van der Waals surface area contributed by atoms with E-state index in [1.165, 1.54) is 0 Å². The van der Waals surface area contributed by atoms with E-state index in [0.29, 0.717) is 16.8 Å². The van der Waals surface area contributed by atoms with Crippen LogP contribution in [0.4, 0.5) is 5.82 Å². The van der Waals surface area contributed by atoms with E-state index in [1.54, 1.807) is 18.3 Å². The summed E-state index contributed by atoms with van der Waals surface area (Å²) >= 11 is 5.81. The van der Waals surface area contributed by atoms with Crippen LogP contribution >= 0.6 is 11.6 Å². The number of amides is 1. The third-order valence-corrected chi connectivity index (χ3v) is 5.52. The van der Waals surface area contributed by atoms with Crippen molar-refractivity contribution in [3.05, 3.63) is 35.5 Å². The predicted octanol–water partition coefficient (Wildman–Crippen LogP) is 4.06. The summed E-state index contributed by atoms with van der Waals surface area (Å²) in [4.78, 5) is 16.9. The second-order valence-electron chi connectivity index (χ2n) is 6.54. The Hall–Kier alpha value is -1.35. The zero-order chi connectivity index (χ0) is 14.5. The molecule has 2 fully saturated rings. The minimum atomic E-state index is -0.407. The molecule has 2 aliphatic rings. The van der Waals surface area contributed by atoms with Crippen LogP contribution in [0, 0.1) is 16.7 Å². The van der Waals surface area contributed by atoms with Gasteiger partial charge in [0.1, 0.15) is 5.82 Å². The maximum atomic E-state index is 12.7. The van der Waals surface area contributed by atoms with Crippen LogP contribution in [0.3, 0.4) is 0 Å². The maximum Gasteiger partial charge on any atom is 0.235 e. The van der Waals surface area contributed by atoms with Gasteiger partial charge in [0.15, 0.2) is 0 Å². The number of nitrogens with zero attached hydrogens (tertiary/aromatic N) is 1. The SMILES string of the molecule is C=C1C(C)(C)[C@@H]2CC[C@@]1(C(=O)Nc1ccc(Cl)cn1)C2. The molecule has 0 saturated heterocycles. The molecule has 2 saturated carbocycles. The van der Waals surface area contributed by atoms with Crippen LogP contribution in [0.15, 0.2) is 30.5 Å². The Kier molecular flexibility index (Phi) is 2.94. The molecule has 3 nitrogen and oxygen atoms in total. The fraction of sp³-hybridized carbons (Fsp3) is 0.500. The molecular formula is C16H19ClN2O. The predicted molar refractivity (Wildman–Crippen MR) is 80.6 cm³/mol. The molecule has 0 spiro atoms. The Bertz CT molecular complexity index is 579. The fourth-order valence-electron chi connectivity index (χ4n) is 3.83. The first-order valence-electron chi connectivity index (χ1n) is 6.99. The van der Waals surface area contributed by atoms with Crippen molar-refractivity contribution < 1.29 is 4.79 Å². The van der Waals surface area contributed by atoms with Crippen LogP contribution in [0.1, 0.15) is 33.1 Å². The Balaban J connectivity index is 1.84. The van der Waals surface area contributed by atoms with Gasteiger partial charge in [0.25, 0.3) is 0 Å². The van der Waals surface area contributed by atoms with Crippen LogP contribution in [0.2, 0.25) is 5.02 Å². The van der Waals surface area contributed by atoms with Crippen molar-refractivity contribution in [1.29, 1.82) is 0 Å². The lowest BCUT2D eigenvalue weighted by atomic mass is 9.68. The summed E-state index contributed by atoms with van der Waals surface area (Å²) in [6, 6.07) is 3.46. The van der Waals surface area contributed by atoms with Crippen molar-refractivity contribution in [1.82, 2.24) is 4.98 Å². The molecule has 106 valence electrons. The first-order valence-corrected chi connectivity index (χ1v) is 7.37. The number of hydrogen-bond acceptors (Lipinski definition) is 2. The third kappa shape index (κ3) is 1.80. The number of aromatic nitrogens is 1. The Morgan fingerprint density at radius 1 is 1.50 bits per heavy atom. The monoisotopic (exact) mass is 290 g/mol. The standard InChI is InChI=1S/C16H19ClN2O/c1-10-15(2,3)11-6-7-16(10,8-11)14(20)19-13-5-4-12(17)9-18-13/h4-5,9,11H,1,6-8H2,2-3H3,(H,18,19,20)/t11-,16-/m1/s1. The van der Waals surface area contributed by atoms with Gasteiger partial charge in [-0.2, -0.15) is 0 Å². The zero-order valence-corrected chi connectivity index (χ0v) is 12.6. The summed E-state index contributed by atoms with van der Waals surface area (Å²) < 4.78 is 0. The largest absolute Gasteiger partial charge is 0.310 e. The molecule has 3 rings (SSSR count). The number of halogens is 1. The van der Waals surface area contributed by atoms with E-state index in [2.05, 4.69) is 30.7 Å². The number of anilines is 1. The van der Waals surface area contributed by atoms with Gasteiger partial charge in [-0.25, -0.2) is 4.98 Å². The molecule has 1 aromatic rings. The average molecular weight is 291 g/mol. The molecule has 2 atom stereocenters. The molecule has 2 aliphatic carbocycles. The number of carbonyl (C=O) groups excluding carboxylic acids is 1. The van der Waals surface area contributed by atoms with Crippen LogP contribution in [0.25, 0.3) is 0 Å². The van der Waals surface area contributed by atoms with Gasteiger partial charge in [-0.3, -0.25) is 4.79 Å². The van der Waals surface area contributed by atoms with Crippen LogP contribution in [-0.4, -0.2) is 10.9 Å². The number of pyridine rings is 1. The molecule has 1 heterocycles. The number of rotatable bonds is 2. The number of carbonyl (C=O) groups is 1. The van der Waals surface area contributed by atoms with Crippen molar-refractivity contribution in [2.24, 2.45) is 16.7 Å². The minimum absolute atomic E-state index is 0.0328. The maximum absolute atomic E-state index is 12.7. The summed E-state index contributed by atoms with van der Waals surface area (Å²) in [7, 11) is 0. The third-order valence-electron chi connectivity index (χ3n) is 5.29. The van der Waals surface area contributed by atoms with Crippen molar-refractivity contribution >= 4 is 23.3 Å². The number of hydrogen-bond donors (Lipinski definition) is 1. The summed E-state index contributed by atoms with van der Waals surface area (Å²) in [6.45, 7) is 8.64. The molecule has 2 bridgehead atoms. The highest BCUT2D eigenvalue weighted by Gasteiger charge is 2.60. The fourth-order valence-corrected chi connectivity index (χ4v) is 3.94. The molecule has 1 aromatic heterocycles. The molecule has 4 heteroatoms. The van der Waals surface area contributed by atoms with Crippen LogP contribution < -0.4 is 5.32 Å². The summed E-state index contributed by atoms with van der Waals surface area (Å²) in [5, 5.41) is 3.49. The first kappa shape index (κ1) is 13.6. The van der Waals surface area contributed by atoms with E-state index in [-0.39, 0.29) is 11.3 Å². The van der Waals surface area contributed by atoms with E-state index >= 15 is 0 Å². The van der Waals surface area contributed by atoms with Gasteiger partial charge in [0.2, 0.25) is 5.91 Å². The molecule has 0 radical (unpaired) electrons. The molecule has 0 aliphatic heterocycles. The van der Waals surface area contributed by atoms with Gasteiger partial charge in [-0.05, 0) is 42.7 Å².